The van der Waals surface area contributed by atoms with E-state index in [9.17, 15) is 0 Å². The number of aryl methyl sites for hydroxylation is 3. The average molecular weight is 231 g/mol. The summed E-state index contributed by atoms with van der Waals surface area (Å²) in [6.45, 7) is 6.31. The Morgan fingerprint density at radius 1 is 0.750 bits per heavy atom. The van der Waals surface area contributed by atoms with E-state index in [1.165, 1.54) is 16.7 Å². The summed E-state index contributed by atoms with van der Waals surface area (Å²) in [5.41, 5.74) is 4.00. The van der Waals surface area contributed by atoms with Gasteiger partial charge < -0.3 is 0 Å². The van der Waals surface area contributed by atoms with E-state index in [0.29, 0.717) is 0 Å². The molecule has 2 aromatic carbocycles. The van der Waals surface area contributed by atoms with Gasteiger partial charge in [-0.2, -0.15) is 0 Å². The van der Waals surface area contributed by atoms with Crippen molar-refractivity contribution in [2.24, 2.45) is 0 Å². The van der Waals surface area contributed by atoms with Crippen LogP contribution in [0.1, 0.15) is 16.7 Å². The Morgan fingerprint density at radius 3 is 1.75 bits per heavy atom. The Kier molecular flexibility index (Phi) is 5.13. The number of rotatable bonds is 0. The summed E-state index contributed by atoms with van der Waals surface area (Å²) in [4.78, 5) is 1.15. The Balaban J connectivity index is 0.000000165. The minimum Gasteiger partial charge on any atom is -0.0622 e. The fourth-order valence-corrected chi connectivity index (χ4v) is 1.58. The minimum absolute atomic E-state index is 1.15. The van der Waals surface area contributed by atoms with Crippen LogP contribution in [-0.4, -0.2) is 0 Å². The lowest BCUT2D eigenvalue weighted by molar-refractivity contribution is 1.28. The molecule has 16 heavy (non-hydrogen) atoms. The van der Waals surface area contributed by atoms with Crippen molar-refractivity contribution in [2.45, 2.75) is 25.7 Å². The molecule has 1 heteroatoms. The summed E-state index contributed by atoms with van der Waals surface area (Å²) in [5.74, 6) is 0. The normalized spacial score (nSPS) is 9.25. The molecule has 2 rings (SSSR count). The van der Waals surface area contributed by atoms with Gasteiger partial charge in [0.15, 0.2) is 4.90 Å². The van der Waals surface area contributed by atoms with Gasteiger partial charge in [0.1, 0.15) is 0 Å². The van der Waals surface area contributed by atoms with Crippen molar-refractivity contribution in [3.8, 4) is 0 Å². The molecule has 0 radical (unpaired) electrons. The minimum atomic E-state index is 1.15. The molecule has 0 aliphatic heterocycles. The first-order valence-corrected chi connectivity index (χ1v) is 5.90. The highest BCUT2D eigenvalue weighted by Crippen LogP contribution is 2.08. The summed E-state index contributed by atoms with van der Waals surface area (Å²) < 4.78 is 0. The summed E-state index contributed by atoms with van der Waals surface area (Å²) >= 11 is 3.44. The molecular weight excluding hydrogens is 212 g/mol. The van der Waals surface area contributed by atoms with Gasteiger partial charge in [-0.15, -0.1) is 0 Å². The topological polar surface area (TPSA) is 0 Å². The van der Waals surface area contributed by atoms with Crippen LogP contribution in [0, 0.1) is 20.8 Å². The van der Waals surface area contributed by atoms with E-state index < -0.39 is 0 Å². The highest BCUT2D eigenvalue weighted by atomic mass is 32.1. The monoisotopic (exact) mass is 231 g/mol. The fourth-order valence-electron chi connectivity index (χ4n) is 1.28. The van der Waals surface area contributed by atoms with E-state index in [1.807, 2.05) is 18.2 Å². The van der Waals surface area contributed by atoms with Gasteiger partial charge in [0.05, 0.1) is 0 Å². The summed E-state index contributed by atoms with van der Waals surface area (Å²) in [6, 6.07) is 16.5. The van der Waals surface area contributed by atoms with E-state index in [0.717, 1.165) is 4.90 Å². The second-order valence-electron chi connectivity index (χ2n) is 3.95. The highest BCUT2D eigenvalue weighted by molar-refractivity contribution is 7.58. The molecule has 0 unspecified atom stereocenters. The molecule has 0 heterocycles. The molecule has 0 bridgehead atoms. The van der Waals surface area contributed by atoms with Gasteiger partial charge in [-0.05, 0) is 56.7 Å². The van der Waals surface area contributed by atoms with Gasteiger partial charge in [-0.25, -0.2) is 0 Å². The first-order valence-electron chi connectivity index (χ1n) is 5.40. The molecule has 2 aromatic rings. The number of hydrogen-bond acceptors (Lipinski definition) is 0. The Hall–Kier alpha value is -1.21. The lowest BCUT2D eigenvalue weighted by Crippen LogP contribution is -1.79. The lowest BCUT2D eigenvalue weighted by atomic mass is 10.1. The summed E-state index contributed by atoms with van der Waals surface area (Å²) in [5, 5.41) is 0. The lowest BCUT2D eigenvalue weighted by Gasteiger charge is -1.94. The van der Waals surface area contributed by atoms with Gasteiger partial charge in [-0.1, -0.05) is 42.0 Å². The van der Waals surface area contributed by atoms with E-state index >= 15 is 0 Å². The second-order valence-corrected chi connectivity index (χ2v) is 4.53. The molecule has 0 spiro atoms. The van der Waals surface area contributed by atoms with E-state index in [-0.39, 0.29) is 0 Å². The molecular formula is C15H19S+. The Labute approximate surface area is 104 Å². The van der Waals surface area contributed by atoms with Crippen molar-refractivity contribution in [3.63, 3.8) is 0 Å². The third-order valence-electron chi connectivity index (χ3n) is 2.45. The van der Waals surface area contributed by atoms with Gasteiger partial charge in [0.2, 0.25) is 0 Å². The molecule has 84 valence electrons. The number of benzene rings is 2. The van der Waals surface area contributed by atoms with Crippen molar-refractivity contribution in [1.29, 1.82) is 0 Å². The fraction of sp³-hybridized carbons (Fsp3) is 0.200. The van der Waals surface area contributed by atoms with Crippen LogP contribution in [0.5, 0.6) is 0 Å². The maximum atomic E-state index is 3.44. The van der Waals surface area contributed by atoms with Gasteiger partial charge >= 0.3 is 0 Å². The standard InChI is InChI=1S/C8H10S.C7H8/c1-6-3-4-8(9)5-7(6)2;1-7-5-3-2-4-6-7/h3-5,9H,1-2H3;2-6H,1H3/p+1. The molecule has 0 N–H and O–H groups in total. The van der Waals surface area contributed by atoms with Crippen molar-refractivity contribution >= 4 is 12.6 Å². The van der Waals surface area contributed by atoms with Gasteiger partial charge in [-0.3, -0.25) is 0 Å². The Morgan fingerprint density at radius 2 is 1.38 bits per heavy atom. The number of hydrogen-bond donors (Lipinski definition) is 0. The van der Waals surface area contributed by atoms with Crippen molar-refractivity contribution in [3.05, 3.63) is 65.2 Å². The van der Waals surface area contributed by atoms with Crippen LogP contribution in [0.25, 0.3) is 0 Å². The zero-order valence-electron chi connectivity index (χ0n) is 10.1. The quantitative estimate of drug-likeness (QED) is 0.607. The van der Waals surface area contributed by atoms with Crippen LogP contribution in [0.15, 0.2) is 53.4 Å². The maximum Gasteiger partial charge on any atom is 0.150 e. The molecule has 0 saturated heterocycles. The van der Waals surface area contributed by atoms with Crippen LogP contribution in [-0.2, 0) is 12.6 Å². The first-order chi connectivity index (χ1) is 7.59. The first kappa shape index (κ1) is 12.9. The predicted molar refractivity (Wildman–Crippen MR) is 75.5 cm³/mol. The molecule has 0 aromatic heterocycles. The SMILES string of the molecule is Cc1ccc([SH2+])cc1C.Cc1ccccc1. The van der Waals surface area contributed by atoms with Gasteiger partial charge in [0, 0.05) is 0 Å². The Bertz CT molecular complexity index is 432. The van der Waals surface area contributed by atoms with Crippen molar-refractivity contribution in [2.75, 3.05) is 0 Å². The molecule has 0 saturated carbocycles. The molecule has 0 amide bonds. The van der Waals surface area contributed by atoms with Gasteiger partial charge in [0.25, 0.3) is 0 Å². The molecule has 0 aliphatic rings. The molecule has 0 atom stereocenters. The third kappa shape index (κ3) is 4.54. The van der Waals surface area contributed by atoms with E-state index in [1.54, 1.807) is 0 Å². The van der Waals surface area contributed by atoms with Crippen LogP contribution in [0.3, 0.4) is 0 Å². The van der Waals surface area contributed by atoms with E-state index in [2.05, 4.69) is 63.7 Å². The van der Waals surface area contributed by atoms with E-state index in [4.69, 9.17) is 0 Å². The van der Waals surface area contributed by atoms with Crippen molar-refractivity contribution < 1.29 is 0 Å². The zero-order chi connectivity index (χ0) is 12.0. The smallest absolute Gasteiger partial charge is 0.0622 e. The zero-order valence-corrected chi connectivity index (χ0v) is 11.1. The predicted octanol–water partition coefficient (Wildman–Crippen LogP) is 3.67. The third-order valence-corrected chi connectivity index (χ3v) is 2.76. The summed E-state index contributed by atoms with van der Waals surface area (Å²) in [6.07, 6.45) is 0. The highest BCUT2D eigenvalue weighted by Gasteiger charge is 1.93. The molecule has 0 nitrogen and oxygen atoms in total. The largest absolute Gasteiger partial charge is 0.150 e. The van der Waals surface area contributed by atoms with Crippen LogP contribution in [0.4, 0.5) is 0 Å². The average Bonchev–Trinajstić information content (AvgIpc) is 2.26. The second kappa shape index (κ2) is 6.39. The van der Waals surface area contributed by atoms with Crippen LogP contribution < -0.4 is 0 Å². The molecule has 0 fully saturated rings. The maximum absolute atomic E-state index is 3.44. The van der Waals surface area contributed by atoms with Crippen LogP contribution >= 0.6 is 0 Å². The summed E-state index contributed by atoms with van der Waals surface area (Å²) in [7, 11) is 0. The molecule has 0 aliphatic carbocycles. The van der Waals surface area contributed by atoms with Crippen LogP contribution in [0.2, 0.25) is 0 Å². The van der Waals surface area contributed by atoms with Crippen molar-refractivity contribution in [1.82, 2.24) is 0 Å².